The Balaban J connectivity index is 2.54. The molecule has 0 saturated heterocycles. The maximum atomic E-state index is 11.3. The summed E-state index contributed by atoms with van der Waals surface area (Å²) in [6.07, 6.45) is 0.690. The second-order valence-electron chi connectivity index (χ2n) is 4.47. The second kappa shape index (κ2) is 2.99. The van der Waals surface area contributed by atoms with Crippen molar-refractivity contribution in [2.75, 3.05) is 5.73 Å². The van der Waals surface area contributed by atoms with E-state index in [-0.39, 0.29) is 5.92 Å². The lowest BCUT2D eigenvalue weighted by Crippen LogP contribution is -2.23. The number of nitrogen functional groups attached to an aromatic ring is 1. The monoisotopic (exact) mass is 205 g/mol. The Bertz CT molecular complexity index is 428. The van der Waals surface area contributed by atoms with Gasteiger partial charge in [-0.2, -0.15) is 0 Å². The fourth-order valence-corrected chi connectivity index (χ4v) is 2.27. The Labute approximate surface area is 88.9 Å². The standard InChI is InChI=1S/C12H15NO2/c1-7-3-4-10(13)9(5-7)12(11(14)15)6-8(12)2/h3-5,8H,6,13H2,1-2H3,(H,14,15). The highest BCUT2D eigenvalue weighted by atomic mass is 16.4. The van der Waals surface area contributed by atoms with Crippen LogP contribution in [0.1, 0.15) is 24.5 Å². The molecular weight excluding hydrogens is 190 g/mol. The van der Waals surface area contributed by atoms with E-state index < -0.39 is 11.4 Å². The highest BCUT2D eigenvalue weighted by Crippen LogP contribution is 2.55. The molecule has 0 radical (unpaired) electrons. The summed E-state index contributed by atoms with van der Waals surface area (Å²) in [5, 5.41) is 9.29. The summed E-state index contributed by atoms with van der Waals surface area (Å²) in [6, 6.07) is 5.59. The minimum atomic E-state index is -0.757. The number of hydrogen-bond acceptors (Lipinski definition) is 2. The second-order valence-corrected chi connectivity index (χ2v) is 4.47. The average molecular weight is 205 g/mol. The number of anilines is 1. The average Bonchev–Trinajstić information content (AvgIpc) is 2.83. The van der Waals surface area contributed by atoms with Gasteiger partial charge in [0.05, 0.1) is 5.41 Å². The minimum absolute atomic E-state index is 0.180. The molecule has 0 spiro atoms. The summed E-state index contributed by atoms with van der Waals surface area (Å²) >= 11 is 0. The molecule has 3 N–H and O–H groups in total. The van der Waals surface area contributed by atoms with Crippen LogP contribution in [0.2, 0.25) is 0 Å². The van der Waals surface area contributed by atoms with Gasteiger partial charge in [-0.25, -0.2) is 0 Å². The Hall–Kier alpha value is -1.51. The van der Waals surface area contributed by atoms with E-state index in [0.717, 1.165) is 11.1 Å². The molecule has 0 heterocycles. The molecule has 2 atom stereocenters. The van der Waals surface area contributed by atoms with E-state index in [1.165, 1.54) is 0 Å². The van der Waals surface area contributed by atoms with Crippen molar-refractivity contribution in [2.24, 2.45) is 5.92 Å². The maximum Gasteiger partial charge on any atom is 0.314 e. The third-order valence-electron chi connectivity index (χ3n) is 3.38. The number of aryl methyl sites for hydroxylation is 1. The fourth-order valence-electron chi connectivity index (χ4n) is 2.27. The van der Waals surface area contributed by atoms with Crippen LogP contribution in [-0.2, 0) is 10.2 Å². The van der Waals surface area contributed by atoms with E-state index in [1.807, 2.05) is 26.0 Å². The number of nitrogens with two attached hydrogens (primary N) is 1. The van der Waals surface area contributed by atoms with E-state index in [4.69, 9.17) is 5.73 Å². The van der Waals surface area contributed by atoms with Crippen molar-refractivity contribution in [1.29, 1.82) is 0 Å². The van der Waals surface area contributed by atoms with Crippen LogP contribution in [0.25, 0.3) is 0 Å². The lowest BCUT2D eigenvalue weighted by molar-refractivity contribution is -0.140. The molecule has 0 bridgehead atoms. The first-order valence-corrected chi connectivity index (χ1v) is 5.08. The largest absolute Gasteiger partial charge is 0.481 e. The van der Waals surface area contributed by atoms with Gasteiger partial charge in [-0.05, 0) is 30.9 Å². The molecule has 1 aromatic rings. The quantitative estimate of drug-likeness (QED) is 0.725. The van der Waals surface area contributed by atoms with E-state index in [1.54, 1.807) is 6.07 Å². The Morgan fingerprint density at radius 2 is 2.20 bits per heavy atom. The number of carboxylic acid groups (broad SMARTS) is 1. The first-order valence-electron chi connectivity index (χ1n) is 5.08. The smallest absolute Gasteiger partial charge is 0.314 e. The molecule has 1 fully saturated rings. The van der Waals surface area contributed by atoms with Crippen LogP contribution in [0.5, 0.6) is 0 Å². The minimum Gasteiger partial charge on any atom is -0.481 e. The molecule has 2 rings (SSSR count). The molecule has 0 aliphatic heterocycles. The van der Waals surface area contributed by atoms with Gasteiger partial charge in [-0.1, -0.05) is 24.6 Å². The van der Waals surface area contributed by atoms with Crippen LogP contribution >= 0.6 is 0 Å². The van der Waals surface area contributed by atoms with Gasteiger partial charge >= 0.3 is 5.97 Å². The van der Waals surface area contributed by atoms with Crippen molar-refractivity contribution in [1.82, 2.24) is 0 Å². The molecule has 1 aromatic carbocycles. The molecule has 15 heavy (non-hydrogen) atoms. The lowest BCUT2D eigenvalue weighted by Gasteiger charge is -2.15. The van der Waals surface area contributed by atoms with Crippen LogP contribution in [0, 0.1) is 12.8 Å². The van der Waals surface area contributed by atoms with Crippen LogP contribution in [0.4, 0.5) is 5.69 Å². The van der Waals surface area contributed by atoms with Gasteiger partial charge in [0.15, 0.2) is 0 Å². The van der Waals surface area contributed by atoms with Crippen molar-refractivity contribution < 1.29 is 9.90 Å². The van der Waals surface area contributed by atoms with Crippen molar-refractivity contribution >= 4 is 11.7 Å². The van der Waals surface area contributed by atoms with E-state index >= 15 is 0 Å². The molecule has 3 nitrogen and oxygen atoms in total. The number of carboxylic acids is 1. The summed E-state index contributed by atoms with van der Waals surface area (Å²) in [4.78, 5) is 11.3. The molecule has 80 valence electrons. The van der Waals surface area contributed by atoms with Crippen molar-refractivity contribution in [2.45, 2.75) is 25.7 Å². The molecule has 1 aliphatic carbocycles. The number of rotatable bonds is 2. The molecular formula is C12H15NO2. The predicted molar refractivity (Wildman–Crippen MR) is 58.7 cm³/mol. The first-order chi connectivity index (χ1) is 6.98. The Kier molecular flexibility index (Phi) is 2.00. The number of aliphatic carboxylic acids is 1. The zero-order valence-electron chi connectivity index (χ0n) is 8.95. The van der Waals surface area contributed by atoms with Crippen LogP contribution in [0.3, 0.4) is 0 Å². The van der Waals surface area contributed by atoms with Crippen molar-refractivity contribution in [3.8, 4) is 0 Å². The SMILES string of the molecule is Cc1ccc(N)c(C2(C(=O)O)CC2C)c1. The highest BCUT2D eigenvalue weighted by molar-refractivity contribution is 5.88. The normalized spacial score (nSPS) is 28.8. The van der Waals surface area contributed by atoms with Crippen LogP contribution in [-0.4, -0.2) is 11.1 Å². The zero-order valence-corrected chi connectivity index (χ0v) is 8.95. The molecule has 0 amide bonds. The van der Waals surface area contributed by atoms with Gasteiger partial charge in [0.1, 0.15) is 0 Å². The number of hydrogen-bond donors (Lipinski definition) is 2. The molecule has 3 heteroatoms. The fraction of sp³-hybridized carbons (Fsp3) is 0.417. The molecule has 0 aromatic heterocycles. The van der Waals surface area contributed by atoms with E-state index in [9.17, 15) is 9.90 Å². The van der Waals surface area contributed by atoms with Gasteiger partial charge in [0.25, 0.3) is 0 Å². The summed E-state index contributed by atoms with van der Waals surface area (Å²) < 4.78 is 0. The first kappa shape index (κ1) is 10.0. The van der Waals surface area contributed by atoms with Crippen LogP contribution in [0.15, 0.2) is 18.2 Å². The van der Waals surface area contributed by atoms with Gasteiger partial charge < -0.3 is 10.8 Å². The van der Waals surface area contributed by atoms with E-state index in [0.29, 0.717) is 12.1 Å². The Morgan fingerprint density at radius 1 is 1.60 bits per heavy atom. The predicted octanol–water partition coefficient (Wildman–Crippen LogP) is 1.94. The van der Waals surface area contributed by atoms with Crippen LogP contribution < -0.4 is 5.73 Å². The molecule has 2 unspecified atom stereocenters. The lowest BCUT2D eigenvalue weighted by atomic mass is 9.91. The van der Waals surface area contributed by atoms with Gasteiger partial charge in [0.2, 0.25) is 0 Å². The van der Waals surface area contributed by atoms with Gasteiger partial charge in [-0.15, -0.1) is 0 Å². The number of benzene rings is 1. The summed E-state index contributed by atoms with van der Waals surface area (Å²) in [5.74, 6) is -0.577. The zero-order chi connectivity index (χ0) is 11.2. The van der Waals surface area contributed by atoms with Crippen molar-refractivity contribution in [3.05, 3.63) is 29.3 Å². The van der Waals surface area contributed by atoms with Gasteiger partial charge in [-0.3, -0.25) is 4.79 Å². The summed E-state index contributed by atoms with van der Waals surface area (Å²) in [7, 11) is 0. The van der Waals surface area contributed by atoms with Gasteiger partial charge in [0, 0.05) is 5.69 Å². The number of carbonyl (C=O) groups is 1. The molecule has 1 saturated carbocycles. The summed E-state index contributed by atoms with van der Waals surface area (Å²) in [5.41, 5.74) is 7.55. The highest BCUT2D eigenvalue weighted by Gasteiger charge is 2.59. The molecule has 1 aliphatic rings. The van der Waals surface area contributed by atoms with E-state index in [2.05, 4.69) is 0 Å². The maximum absolute atomic E-state index is 11.3. The summed E-state index contributed by atoms with van der Waals surface area (Å²) in [6.45, 7) is 3.90. The topological polar surface area (TPSA) is 63.3 Å². The third kappa shape index (κ3) is 1.30. The Morgan fingerprint density at radius 3 is 2.67 bits per heavy atom. The van der Waals surface area contributed by atoms with Crippen molar-refractivity contribution in [3.63, 3.8) is 0 Å². The third-order valence-corrected chi connectivity index (χ3v) is 3.38.